The maximum atomic E-state index is 12.3. The van der Waals surface area contributed by atoms with Gasteiger partial charge >= 0.3 is 0 Å². The van der Waals surface area contributed by atoms with Gasteiger partial charge in [0.15, 0.2) is 0 Å². The van der Waals surface area contributed by atoms with E-state index in [0.29, 0.717) is 19.6 Å². The summed E-state index contributed by atoms with van der Waals surface area (Å²) in [6.07, 6.45) is 5.07. The van der Waals surface area contributed by atoms with E-state index < -0.39 is 10.0 Å². The van der Waals surface area contributed by atoms with Gasteiger partial charge in [0.25, 0.3) is 0 Å². The Hall–Kier alpha value is -0.990. The molecule has 0 aliphatic carbocycles. The molecule has 114 valence electrons. The van der Waals surface area contributed by atoms with E-state index in [-0.39, 0.29) is 17.8 Å². The molecule has 0 bridgehead atoms. The molecule has 1 aromatic rings. The molecule has 0 radical (unpaired) electrons. The highest BCUT2D eigenvalue weighted by Gasteiger charge is 2.30. The number of ether oxygens (including phenoxy) is 1. The normalized spacial score (nSPS) is 22.8. The fourth-order valence-electron chi connectivity index (χ4n) is 2.49. The summed E-state index contributed by atoms with van der Waals surface area (Å²) >= 11 is 0. The monoisotopic (exact) mass is 302 g/mol. The van der Waals surface area contributed by atoms with Crippen LogP contribution in [0.3, 0.4) is 0 Å². The lowest BCUT2D eigenvalue weighted by atomic mass is 10.00. The zero-order chi connectivity index (χ0) is 14.6. The van der Waals surface area contributed by atoms with Crippen molar-refractivity contribution in [2.45, 2.75) is 32.4 Å². The van der Waals surface area contributed by atoms with Gasteiger partial charge < -0.3 is 4.74 Å². The highest BCUT2D eigenvalue weighted by molar-refractivity contribution is 7.89. The van der Waals surface area contributed by atoms with Gasteiger partial charge in [-0.05, 0) is 25.7 Å². The van der Waals surface area contributed by atoms with E-state index >= 15 is 0 Å². The Bertz CT molecular complexity index is 503. The Morgan fingerprint density at radius 3 is 2.95 bits per heavy atom. The van der Waals surface area contributed by atoms with Crippen LogP contribution in [0.2, 0.25) is 0 Å². The molecule has 2 heterocycles. The van der Waals surface area contributed by atoms with E-state index in [4.69, 9.17) is 4.74 Å². The van der Waals surface area contributed by atoms with Gasteiger partial charge in [-0.25, -0.2) is 12.7 Å². The first-order valence-electron chi connectivity index (χ1n) is 6.86. The van der Waals surface area contributed by atoms with Crippen LogP contribution in [-0.2, 0) is 21.3 Å². The molecular weight excluding hydrogens is 280 g/mol. The van der Waals surface area contributed by atoms with Crippen LogP contribution in [-0.4, -0.2) is 59.8 Å². The van der Waals surface area contributed by atoms with Crippen molar-refractivity contribution in [3.63, 3.8) is 0 Å². The molecule has 2 atom stereocenters. The highest BCUT2D eigenvalue weighted by Crippen LogP contribution is 2.21. The van der Waals surface area contributed by atoms with Crippen molar-refractivity contribution in [1.82, 2.24) is 19.3 Å². The van der Waals surface area contributed by atoms with Crippen LogP contribution in [0.25, 0.3) is 0 Å². The van der Waals surface area contributed by atoms with E-state index in [1.165, 1.54) is 7.11 Å². The summed E-state index contributed by atoms with van der Waals surface area (Å²) in [5.41, 5.74) is 0. The van der Waals surface area contributed by atoms with Crippen molar-refractivity contribution in [3.8, 4) is 0 Å². The predicted molar refractivity (Wildman–Crippen MR) is 74.6 cm³/mol. The molecule has 1 saturated heterocycles. The molecule has 2 rings (SSSR count). The van der Waals surface area contributed by atoms with Gasteiger partial charge in [0.1, 0.15) is 0 Å². The largest absolute Gasteiger partial charge is 0.381 e. The summed E-state index contributed by atoms with van der Waals surface area (Å²) < 4.78 is 33.0. The van der Waals surface area contributed by atoms with Gasteiger partial charge in [0.2, 0.25) is 10.0 Å². The Kier molecular flexibility index (Phi) is 5.11. The van der Waals surface area contributed by atoms with Gasteiger partial charge in [-0.3, -0.25) is 4.68 Å². The van der Waals surface area contributed by atoms with Crippen molar-refractivity contribution in [1.29, 1.82) is 0 Å². The smallest absolute Gasteiger partial charge is 0.216 e. The van der Waals surface area contributed by atoms with Crippen LogP contribution < -0.4 is 0 Å². The minimum Gasteiger partial charge on any atom is -0.381 e. The molecule has 1 aliphatic heterocycles. The Labute approximate surface area is 120 Å². The molecule has 0 aromatic carbocycles. The van der Waals surface area contributed by atoms with E-state index in [0.717, 1.165) is 12.8 Å². The summed E-state index contributed by atoms with van der Waals surface area (Å²) in [7, 11) is -1.71. The van der Waals surface area contributed by atoms with Gasteiger partial charge in [-0.1, -0.05) is 5.21 Å². The standard InChI is InChI=1S/C12H22N4O3S/c1-11(19-2)10-20(17,18)16-6-3-4-12(9-16)8-15-7-5-13-14-15/h5,7,11-12H,3-4,6,8-10H2,1-2H3. The van der Waals surface area contributed by atoms with Crippen molar-refractivity contribution in [3.05, 3.63) is 12.4 Å². The topological polar surface area (TPSA) is 77.3 Å². The number of nitrogens with zero attached hydrogens (tertiary/aromatic N) is 4. The van der Waals surface area contributed by atoms with Gasteiger partial charge in [0.05, 0.1) is 18.1 Å². The average molecular weight is 302 g/mol. The van der Waals surface area contributed by atoms with E-state index in [9.17, 15) is 8.42 Å². The lowest BCUT2D eigenvalue weighted by Crippen LogP contribution is -2.43. The summed E-state index contributed by atoms with van der Waals surface area (Å²) in [6.45, 7) is 3.64. The Morgan fingerprint density at radius 2 is 2.30 bits per heavy atom. The molecule has 1 aliphatic rings. The van der Waals surface area contributed by atoms with Gasteiger partial charge in [-0.15, -0.1) is 5.10 Å². The third-order valence-corrected chi connectivity index (χ3v) is 5.65. The number of hydrogen-bond acceptors (Lipinski definition) is 5. The van der Waals surface area contributed by atoms with E-state index in [1.54, 1.807) is 28.3 Å². The third-order valence-electron chi connectivity index (χ3n) is 3.64. The second kappa shape index (κ2) is 6.64. The van der Waals surface area contributed by atoms with E-state index in [1.807, 2.05) is 0 Å². The second-order valence-corrected chi connectivity index (χ2v) is 7.33. The zero-order valence-electron chi connectivity index (χ0n) is 12.0. The van der Waals surface area contributed by atoms with Crippen molar-refractivity contribution in [2.75, 3.05) is 26.0 Å². The summed E-state index contributed by atoms with van der Waals surface area (Å²) in [5.74, 6) is 0.331. The molecule has 2 unspecified atom stereocenters. The average Bonchev–Trinajstić information content (AvgIpc) is 2.91. The summed E-state index contributed by atoms with van der Waals surface area (Å²) in [4.78, 5) is 0. The zero-order valence-corrected chi connectivity index (χ0v) is 12.8. The fraction of sp³-hybridized carbons (Fsp3) is 0.833. The molecule has 20 heavy (non-hydrogen) atoms. The Morgan fingerprint density at radius 1 is 1.50 bits per heavy atom. The number of methoxy groups -OCH3 is 1. The van der Waals surface area contributed by atoms with Crippen LogP contribution in [0.1, 0.15) is 19.8 Å². The maximum Gasteiger partial charge on any atom is 0.216 e. The van der Waals surface area contributed by atoms with Crippen molar-refractivity contribution >= 4 is 10.0 Å². The molecule has 0 N–H and O–H groups in total. The third kappa shape index (κ3) is 4.00. The molecule has 1 aromatic heterocycles. The van der Waals surface area contributed by atoms with Crippen LogP contribution in [0.5, 0.6) is 0 Å². The lowest BCUT2D eigenvalue weighted by Gasteiger charge is -2.32. The first-order valence-corrected chi connectivity index (χ1v) is 8.47. The van der Waals surface area contributed by atoms with Crippen LogP contribution >= 0.6 is 0 Å². The van der Waals surface area contributed by atoms with Crippen molar-refractivity contribution in [2.24, 2.45) is 5.92 Å². The molecule has 0 saturated carbocycles. The summed E-state index contributed by atoms with van der Waals surface area (Å²) in [5, 5.41) is 7.71. The molecule has 7 nitrogen and oxygen atoms in total. The van der Waals surface area contributed by atoms with Crippen LogP contribution in [0.15, 0.2) is 12.4 Å². The molecule has 1 fully saturated rings. The van der Waals surface area contributed by atoms with Gasteiger partial charge in [-0.2, -0.15) is 0 Å². The number of aromatic nitrogens is 3. The summed E-state index contributed by atoms with van der Waals surface area (Å²) in [6, 6.07) is 0. The minimum absolute atomic E-state index is 0.0412. The Balaban J connectivity index is 1.95. The second-order valence-electron chi connectivity index (χ2n) is 5.32. The molecule has 8 heteroatoms. The van der Waals surface area contributed by atoms with Crippen LogP contribution in [0, 0.1) is 5.92 Å². The number of hydrogen-bond donors (Lipinski definition) is 0. The predicted octanol–water partition coefficient (Wildman–Crippen LogP) is 0.355. The minimum atomic E-state index is -3.24. The molecule has 0 amide bonds. The highest BCUT2D eigenvalue weighted by atomic mass is 32.2. The van der Waals surface area contributed by atoms with E-state index in [2.05, 4.69) is 10.3 Å². The number of sulfonamides is 1. The maximum absolute atomic E-state index is 12.3. The number of piperidine rings is 1. The molecular formula is C12H22N4O3S. The number of rotatable bonds is 6. The van der Waals surface area contributed by atoms with Gasteiger partial charge in [0, 0.05) is 32.9 Å². The fourth-order valence-corrected chi connectivity index (χ4v) is 4.28. The van der Waals surface area contributed by atoms with Crippen LogP contribution in [0.4, 0.5) is 0 Å². The first-order chi connectivity index (χ1) is 9.51. The van der Waals surface area contributed by atoms with Crippen molar-refractivity contribution < 1.29 is 13.2 Å². The first kappa shape index (κ1) is 15.4. The quantitative estimate of drug-likeness (QED) is 0.758. The SMILES string of the molecule is COC(C)CS(=O)(=O)N1CCCC(Cn2ccnn2)C1. The lowest BCUT2D eigenvalue weighted by molar-refractivity contribution is 0.134. The molecule has 0 spiro atoms.